The molecule has 0 saturated heterocycles. The average Bonchev–Trinajstić information content (AvgIpc) is 3.06. The molecule has 0 atom stereocenters. The molecule has 0 aliphatic carbocycles. The Bertz CT molecular complexity index is 1260. The van der Waals surface area contributed by atoms with Gasteiger partial charge < -0.3 is 15.6 Å². The number of benzene rings is 2. The third-order valence-electron chi connectivity index (χ3n) is 4.74. The molecule has 0 aliphatic heterocycles. The molecule has 2 aromatic carbocycles. The first-order valence-electron chi connectivity index (χ1n) is 8.91. The van der Waals surface area contributed by atoms with Gasteiger partial charge in [-0.25, -0.2) is 0 Å². The molecule has 4 aromatic rings. The maximum absolute atomic E-state index is 12.0. The van der Waals surface area contributed by atoms with Crippen LogP contribution in [0, 0.1) is 25.2 Å². The highest BCUT2D eigenvalue weighted by atomic mass is 16.5. The van der Waals surface area contributed by atoms with Crippen molar-refractivity contribution in [1.82, 2.24) is 10.1 Å². The number of anilines is 2. The molecule has 7 heteroatoms. The average molecular weight is 383 g/mol. The number of carbonyl (C=O) groups is 1. The number of nitriles is 1. The van der Waals surface area contributed by atoms with Crippen LogP contribution in [-0.4, -0.2) is 16.0 Å². The quantitative estimate of drug-likeness (QED) is 0.545. The second-order valence-corrected chi connectivity index (χ2v) is 6.66. The van der Waals surface area contributed by atoms with Crippen LogP contribution in [0.2, 0.25) is 0 Å². The van der Waals surface area contributed by atoms with Gasteiger partial charge in [-0.3, -0.25) is 9.78 Å². The molecule has 2 heterocycles. The number of nitrogens with one attached hydrogen (secondary N) is 1. The third-order valence-corrected chi connectivity index (χ3v) is 4.74. The van der Waals surface area contributed by atoms with Gasteiger partial charge in [-0.2, -0.15) is 5.26 Å². The van der Waals surface area contributed by atoms with E-state index < -0.39 is 5.91 Å². The van der Waals surface area contributed by atoms with Crippen molar-refractivity contribution in [3.05, 3.63) is 71.2 Å². The fraction of sp³-hybridized carbons (Fsp3) is 0.0909. The number of rotatable bonds is 4. The van der Waals surface area contributed by atoms with Gasteiger partial charge in [0.15, 0.2) is 0 Å². The standard InChI is InChI=1S/C22H17N5O2/c1-12-20(13(2)29-27-12)15-5-8-17-19(9-15)25-11-18(22(24)28)21(17)26-16-6-3-14(10-23)4-7-16/h3-9,11H,1-2H3,(H2,24,28)(H,25,26). The highest BCUT2D eigenvalue weighted by Gasteiger charge is 2.16. The fourth-order valence-electron chi connectivity index (χ4n) is 3.34. The van der Waals surface area contributed by atoms with Crippen LogP contribution in [-0.2, 0) is 0 Å². The van der Waals surface area contributed by atoms with Gasteiger partial charge in [0.05, 0.1) is 34.1 Å². The van der Waals surface area contributed by atoms with E-state index in [1.165, 1.54) is 6.20 Å². The van der Waals surface area contributed by atoms with Gasteiger partial charge >= 0.3 is 0 Å². The lowest BCUT2D eigenvalue weighted by molar-refractivity contribution is 0.100. The van der Waals surface area contributed by atoms with Crippen LogP contribution >= 0.6 is 0 Å². The number of aromatic nitrogens is 2. The fourth-order valence-corrected chi connectivity index (χ4v) is 3.34. The minimum absolute atomic E-state index is 0.284. The molecule has 0 bridgehead atoms. The summed E-state index contributed by atoms with van der Waals surface area (Å²) in [6.07, 6.45) is 1.47. The van der Waals surface area contributed by atoms with Gasteiger partial charge in [0.1, 0.15) is 5.76 Å². The number of amides is 1. The van der Waals surface area contributed by atoms with Gasteiger partial charge in [-0.05, 0) is 49.7 Å². The number of aryl methyl sites for hydroxylation is 2. The number of nitrogens with zero attached hydrogens (tertiary/aromatic N) is 3. The molecule has 0 fully saturated rings. The first kappa shape index (κ1) is 18.2. The summed E-state index contributed by atoms with van der Waals surface area (Å²) >= 11 is 0. The maximum Gasteiger partial charge on any atom is 0.252 e. The summed E-state index contributed by atoms with van der Waals surface area (Å²) in [6, 6.07) is 14.8. The molecule has 29 heavy (non-hydrogen) atoms. The number of pyridine rings is 1. The zero-order chi connectivity index (χ0) is 20.5. The van der Waals surface area contributed by atoms with Gasteiger partial charge in [0.2, 0.25) is 0 Å². The first-order chi connectivity index (χ1) is 14.0. The number of nitrogens with two attached hydrogens (primary N) is 1. The Labute approximate surface area is 166 Å². The zero-order valence-corrected chi connectivity index (χ0v) is 15.9. The molecular weight excluding hydrogens is 366 g/mol. The lowest BCUT2D eigenvalue weighted by atomic mass is 10.0. The molecule has 0 spiro atoms. The predicted octanol–water partition coefficient (Wildman–Crippen LogP) is 4.22. The van der Waals surface area contributed by atoms with Crippen LogP contribution < -0.4 is 11.1 Å². The van der Waals surface area contributed by atoms with Crippen LogP contribution in [0.1, 0.15) is 27.4 Å². The van der Waals surface area contributed by atoms with Crippen LogP contribution in [0.5, 0.6) is 0 Å². The summed E-state index contributed by atoms with van der Waals surface area (Å²) in [5.74, 6) is 0.150. The largest absolute Gasteiger partial charge is 0.365 e. The van der Waals surface area contributed by atoms with Crippen molar-refractivity contribution in [1.29, 1.82) is 5.26 Å². The molecule has 2 aromatic heterocycles. The Morgan fingerprint density at radius 3 is 2.55 bits per heavy atom. The molecule has 0 saturated carbocycles. The van der Waals surface area contributed by atoms with E-state index in [2.05, 4.69) is 21.5 Å². The van der Waals surface area contributed by atoms with Gasteiger partial charge in [0, 0.05) is 22.8 Å². The Morgan fingerprint density at radius 2 is 1.93 bits per heavy atom. The van der Waals surface area contributed by atoms with E-state index in [1.807, 2.05) is 32.0 Å². The van der Waals surface area contributed by atoms with E-state index in [0.717, 1.165) is 33.7 Å². The van der Waals surface area contributed by atoms with Crippen molar-refractivity contribution in [2.24, 2.45) is 5.73 Å². The van der Waals surface area contributed by atoms with Gasteiger partial charge in [-0.1, -0.05) is 17.3 Å². The van der Waals surface area contributed by atoms with Crippen LogP contribution in [0.4, 0.5) is 11.4 Å². The van der Waals surface area contributed by atoms with Gasteiger partial charge in [0.25, 0.3) is 5.91 Å². The number of carbonyl (C=O) groups excluding carboxylic acids is 1. The number of primary amides is 1. The Hall–Kier alpha value is -4.18. The summed E-state index contributed by atoms with van der Waals surface area (Å²) in [4.78, 5) is 16.4. The number of fused-ring (bicyclic) bond motifs is 1. The van der Waals surface area contributed by atoms with Gasteiger partial charge in [-0.15, -0.1) is 0 Å². The third kappa shape index (κ3) is 3.28. The lowest BCUT2D eigenvalue weighted by Gasteiger charge is -2.14. The van der Waals surface area contributed by atoms with Crippen LogP contribution in [0.3, 0.4) is 0 Å². The van der Waals surface area contributed by atoms with Crippen molar-refractivity contribution in [2.75, 3.05) is 5.32 Å². The first-order valence-corrected chi connectivity index (χ1v) is 8.91. The zero-order valence-electron chi connectivity index (χ0n) is 15.9. The van der Waals surface area contributed by atoms with E-state index in [0.29, 0.717) is 16.8 Å². The summed E-state index contributed by atoms with van der Waals surface area (Å²) in [5.41, 5.74) is 11.1. The van der Waals surface area contributed by atoms with Crippen LogP contribution in [0.25, 0.3) is 22.0 Å². The van der Waals surface area contributed by atoms with E-state index in [-0.39, 0.29) is 5.56 Å². The van der Waals surface area contributed by atoms with Crippen molar-refractivity contribution < 1.29 is 9.32 Å². The SMILES string of the molecule is Cc1noc(C)c1-c1ccc2c(Nc3ccc(C#N)cc3)c(C(N)=O)cnc2c1. The smallest absolute Gasteiger partial charge is 0.252 e. The minimum atomic E-state index is -0.578. The molecule has 0 aliphatic rings. The molecule has 4 rings (SSSR count). The molecule has 1 amide bonds. The second kappa shape index (κ2) is 7.09. The van der Waals surface area contributed by atoms with Crippen molar-refractivity contribution in [3.63, 3.8) is 0 Å². The summed E-state index contributed by atoms with van der Waals surface area (Å²) in [5, 5.41) is 17.0. The van der Waals surface area contributed by atoms with Crippen molar-refractivity contribution >= 4 is 28.2 Å². The summed E-state index contributed by atoms with van der Waals surface area (Å²) < 4.78 is 5.27. The Morgan fingerprint density at radius 1 is 1.17 bits per heavy atom. The predicted molar refractivity (Wildman–Crippen MR) is 110 cm³/mol. The molecular formula is C22H17N5O2. The lowest BCUT2D eigenvalue weighted by Crippen LogP contribution is -2.14. The van der Waals surface area contributed by atoms with E-state index in [1.54, 1.807) is 24.3 Å². The second-order valence-electron chi connectivity index (χ2n) is 6.66. The normalized spacial score (nSPS) is 10.7. The molecule has 0 unspecified atom stereocenters. The molecule has 7 nitrogen and oxygen atoms in total. The minimum Gasteiger partial charge on any atom is -0.365 e. The molecule has 0 radical (unpaired) electrons. The number of hydrogen-bond acceptors (Lipinski definition) is 6. The maximum atomic E-state index is 12.0. The topological polar surface area (TPSA) is 118 Å². The molecule has 3 N–H and O–H groups in total. The van der Waals surface area contributed by atoms with Crippen LogP contribution in [0.15, 0.2) is 53.2 Å². The monoisotopic (exact) mass is 383 g/mol. The molecule has 142 valence electrons. The highest BCUT2D eigenvalue weighted by Crippen LogP contribution is 2.34. The Balaban J connectivity index is 1.85. The van der Waals surface area contributed by atoms with E-state index in [9.17, 15) is 4.79 Å². The van der Waals surface area contributed by atoms with E-state index >= 15 is 0 Å². The summed E-state index contributed by atoms with van der Waals surface area (Å²) in [7, 11) is 0. The summed E-state index contributed by atoms with van der Waals surface area (Å²) in [6.45, 7) is 3.75. The van der Waals surface area contributed by atoms with Crippen molar-refractivity contribution in [3.8, 4) is 17.2 Å². The highest BCUT2D eigenvalue weighted by molar-refractivity contribution is 6.08. The van der Waals surface area contributed by atoms with Crippen molar-refractivity contribution in [2.45, 2.75) is 13.8 Å². The Kier molecular flexibility index (Phi) is 4.45. The number of hydrogen-bond donors (Lipinski definition) is 2. The van der Waals surface area contributed by atoms with E-state index in [4.69, 9.17) is 15.5 Å².